The number of halogens is 3. The van der Waals surface area contributed by atoms with E-state index in [0.717, 1.165) is 17.4 Å². The molecule has 0 fully saturated rings. The molecule has 0 aliphatic carbocycles. The second-order valence-electron chi connectivity index (χ2n) is 3.93. The van der Waals surface area contributed by atoms with Crippen molar-refractivity contribution < 1.29 is 23.5 Å². The lowest BCUT2D eigenvalue weighted by Gasteiger charge is -2.05. The second kappa shape index (κ2) is 5.86. The van der Waals surface area contributed by atoms with Gasteiger partial charge in [-0.25, -0.2) is 18.6 Å². The molecule has 110 valence electrons. The first-order valence-corrected chi connectivity index (χ1v) is 7.07. The summed E-state index contributed by atoms with van der Waals surface area (Å²) in [5, 5.41) is 11.5. The fourth-order valence-corrected chi connectivity index (χ4v) is 2.70. The van der Waals surface area contributed by atoms with Gasteiger partial charge >= 0.3 is 5.97 Å². The third-order valence-corrected chi connectivity index (χ3v) is 4.08. The third-order valence-electron chi connectivity index (χ3n) is 2.40. The predicted octanol–water partition coefficient (Wildman–Crippen LogP) is 3.83. The normalized spacial score (nSPS) is 10.5. The van der Waals surface area contributed by atoms with Crippen molar-refractivity contribution in [3.05, 3.63) is 38.8 Å². The van der Waals surface area contributed by atoms with Crippen LogP contribution in [0.5, 0.6) is 0 Å². The Balaban J connectivity index is 2.41. The number of aromatic nitrogens is 1. The maximum atomic E-state index is 13.6. The van der Waals surface area contributed by atoms with Crippen molar-refractivity contribution in [3.63, 3.8) is 0 Å². The van der Waals surface area contributed by atoms with Crippen molar-refractivity contribution >= 4 is 49.8 Å². The van der Waals surface area contributed by atoms with Crippen LogP contribution in [-0.2, 0) is 0 Å². The van der Waals surface area contributed by atoms with Gasteiger partial charge in [-0.1, -0.05) is 11.3 Å². The van der Waals surface area contributed by atoms with E-state index in [4.69, 9.17) is 5.11 Å². The zero-order chi connectivity index (χ0) is 15.7. The minimum Gasteiger partial charge on any atom is -0.476 e. The van der Waals surface area contributed by atoms with Crippen LogP contribution in [0, 0.1) is 11.6 Å². The van der Waals surface area contributed by atoms with Gasteiger partial charge in [-0.05, 0) is 22.0 Å². The molecule has 21 heavy (non-hydrogen) atoms. The molecule has 1 aromatic carbocycles. The summed E-state index contributed by atoms with van der Waals surface area (Å²) in [6.45, 7) is 1.21. The topological polar surface area (TPSA) is 79.3 Å². The first-order chi connectivity index (χ1) is 9.79. The molecule has 5 nitrogen and oxygen atoms in total. The molecule has 0 atom stereocenters. The molecule has 0 bridgehead atoms. The highest BCUT2D eigenvalue weighted by molar-refractivity contribution is 9.10. The van der Waals surface area contributed by atoms with Crippen LogP contribution < -0.4 is 5.32 Å². The van der Waals surface area contributed by atoms with E-state index in [1.807, 2.05) is 0 Å². The van der Waals surface area contributed by atoms with E-state index < -0.39 is 29.1 Å². The third kappa shape index (κ3) is 3.24. The highest BCUT2D eigenvalue weighted by atomic mass is 79.9. The Morgan fingerprint density at radius 1 is 1.33 bits per heavy atom. The fourth-order valence-electron chi connectivity index (χ4n) is 1.49. The van der Waals surface area contributed by atoms with E-state index in [2.05, 4.69) is 26.2 Å². The number of aromatic carboxylic acids is 1. The molecule has 2 N–H and O–H groups in total. The number of rotatable bonds is 4. The van der Waals surface area contributed by atoms with E-state index in [1.165, 1.54) is 6.92 Å². The Bertz CT molecular complexity index is 717. The number of carboxylic acid groups (broad SMARTS) is 1. The number of carboxylic acids is 1. The molecule has 0 aliphatic heterocycles. The lowest BCUT2D eigenvalue weighted by Crippen LogP contribution is -2.03. The van der Waals surface area contributed by atoms with Gasteiger partial charge in [0.25, 0.3) is 0 Å². The molecule has 1 aromatic heterocycles. The Hall–Kier alpha value is -1.87. The zero-order valence-electron chi connectivity index (χ0n) is 10.4. The maximum Gasteiger partial charge on any atom is 0.356 e. The van der Waals surface area contributed by atoms with Crippen LogP contribution in [0.4, 0.5) is 19.6 Å². The van der Waals surface area contributed by atoms with Crippen molar-refractivity contribution in [2.24, 2.45) is 0 Å². The van der Waals surface area contributed by atoms with E-state index in [0.29, 0.717) is 6.07 Å². The standard InChI is InChI=1S/C12H7BrF2N2O3S/c1-4(18)10-9(11(19)20)17-12(21-10)16-8-2-5(13)6(14)3-7(8)15/h2-3H,1H3,(H,16,17)(H,19,20). The molecule has 0 amide bonds. The summed E-state index contributed by atoms with van der Waals surface area (Å²) in [5.41, 5.74) is -0.499. The molecule has 0 radical (unpaired) electrons. The molecule has 0 saturated heterocycles. The molecule has 0 saturated carbocycles. The average molecular weight is 377 g/mol. The number of hydrogen-bond donors (Lipinski definition) is 2. The number of nitrogens with zero attached hydrogens (tertiary/aromatic N) is 1. The minimum absolute atomic E-state index is 0.0232. The largest absolute Gasteiger partial charge is 0.476 e. The van der Waals surface area contributed by atoms with Crippen molar-refractivity contribution in [2.45, 2.75) is 6.92 Å². The fraction of sp³-hybridized carbons (Fsp3) is 0.0833. The first kappa shape index (κ1) is 15.5. The highest BCUT2D eigenvalue weighted by Gasteiger charge is 2.21. The Kier molecular flexibility index (Phi) is 4.33. The van der Waals surface area contributed by atoms with Gasteiger partial charge in [0.05, 0.1) is 10.2 Å². The molecule has 2 aromatic rings. The minimum atomic E-state index is -1.36. The predicted molar refractivity (Wildman–Crippen MR) is 76.4 cm³/mol. The van der Waals surface area contributed by atoms with Crippen molar-refractivity contribution in [1.82, 2.24) is 4.98 Å². The van der Waals surface area contributed by atoms with Gasteiger partial charge in [0.1, 0.15) is 16.5 Å². The van der Waals surface area contributed by atoms with E-state index in [9.17, 15) is 18.4 Å². The average Bonchev–Trinajstić information content (AvgIpc) is 2.80. The summed E-state index contributed by atoms with van der Waals surface area (Å²) in [6.07, 6.45) is 0. The SMILES string of the molecule is CC(=O)c1sc(Nc2cc(Br)c(F)cc2F)nc1C(=O)O. The molecule has 2 rings (SSSR count). The number of thiazole rings is 1. The van der Waals surface area contributed by atoms with Crippen LogP contribution in [0.1, 0.15) is 27.1 Å². The summed E-state index contributed by atoms with van der Waals surface area (Å²) in [7, 11) is 0. The van der Waals surface area contributed by atoms with Crippen molar-refractivity contribution in [3.8, 4) is 0 Å². The molecular formula is C12H7BrF2N2O3S. The van der Waals surface area contributed by atoms with E-state index in [-0.39, 0.29) is 20.2 Å². The quantitative estimate of drug-likeness (QED) is 0.626. The molecule has 9 heteroatoms. The van der Waals surface area contributed by atoms with Crippen LogP contribution in [-0.4, -0.2) is 21.8 Å². The van der Waals surface area contributed by atoms with Gasteiger partial charge in [0, 0.05) is 13.0 Å². The number of anilines is 2. The lowest BCUT2D eigenvalue weighted by molar-refractivity contribution is 0.0687. The summed E-state index contributed by atoms with van der Waals surface area (Å²) in [5.74, 6) is -3.45. The number of nitrogens with one attached hydrogen (secondary N) is 1. The Labute approximate surface area is 129 Å². The van der Waals surface area contributed by atoms with E-state index >= 15 is 0 Å². The monoisotopic (exact) mass is 376 g/mol. The van der Waals surface area contributed by atoms with Gasteiger partial charge in [-0.15, -0.1) is 0 Å². The molecule has 0 unspecified atom stereocenters. The highest BCUT2D eigenvalue weighted by Crippen LogP contribution is 2.30. The smallest absolute Gasteiger partial charge is 0.356 e. The van der Waals surface area contributed by atoms with Gasteiger partial charge < -0.3 is 10.4 Å². The number of benzene rings is 1. The lowest BCUT2D eigenvalue weighted by atomic mass is 10.3. The van der Waals surface area contributed by atoms with Crippen LogP contribution in [0.25, 0.3) is 0 Å². The zero-order valence-corrected chi connectivity index (χ0v) is 12.8. The van der Waals surface area contributed by atoms with Crippen LogP contribution >= 0.6 is 27.3 Å². The number of Topliss-reactive ketones (excluding diaryl/α,β-unsaturated/α-hetero) is 1. The summed E-state index contributed by atoms with van der Waals surface area (Å²) in [4.78, 5) is 26.0. The van der Waals surface area contributed by atoms with Gasteiger partial charge in [0.15, 0.2) is 16.6 Å². The summed E-state index contributed by atoms with van der Waals surface area (Å²) < 4.78 is 26.8. The van der Waals surface area contributed by atoms with Crippen molar-refractivity contribution in [2.75, 3.05) is 5.32 Å². The van der Waals surface area contributed by atoms with Gasteiger partial charge in [-0.3, -0.25) is 4.79 Å². The maximum absolute atomic E-state index is 13.6. The van der Waals surface area contributed by atoms with Crippen LogP contribution in [0.2, 0.25) is 0 Å². The first-order valence-electron chi connectivity index (χ1n) is 5.46. The number of carbonyl (C=O) groups is 2. The van der Waals surface area contributed by atoms with E-state index in [1.54, 1.807) is 0 Å². The number of carbonyl (C=O) groups excluding carboxylic acids is 1. The Morgan fingerprint density at radius 3 is 2.52 bits per heavy atom. The van der Waals surface area contributed by atoms with Gasteiger partial charge in [0.2, 0.25) is 0 Å². The molecule has 0 spiro atoms. The molecule has 1 heterocycles. The summed E-state index contributed by atoms with van der Waals surface area (Å²) >= 11 is 3.69. The van der Waals surface area contributed by atoms with Gasteiger partial charge in [-0.2, -0.15) is 0 Å². The molecule has 0 aliphatic rings. The number of hydrogen-bond acceptors (Lipinski definition) is 5. The second-order valence-corrected chi connectivity index (χ2v) is 5.78. The Morgan fingerprint density at radius 2 is 2.00 bits per heavy atom. The van der Waals surface area contributed by atoms with Crippen LogP contribution in [0.15, 0.2) is 16.6 Å². The number of ketones is 1. The van der Waals surface area contributed by atoms with Crippen LogP contribution in [0.3, 0.4) is 0 Å². The van der Waals surface area contributed by atoms with Crippen molar-refractivity contribution in [1.29, 1.82) is 0 Å². The summed E-state index contributed by atoms with van der Waals surface area (Å²) in [6, 6.07) is 1.82. The molecular weight excluding hydrogens is 370 g/mol.